The second-order valence-corrected chi connectivity index (χ2v) is 4.30. The molecule has 0 aliphatic carbocycles. The fourth-order valence-electron chi connectivity index (χ4n) is 1.36. The topological polar surface area (TPSA) is 85.8 Å². The molecule has 3 N–H and O–H groups in total. The van der Waals surface area contributed by atoms with Gasteiger partial charge in [-0.3, -0.25) is 4.79 Å². The van der Waals surface area contributed by atoms with Crippen LogP contribution in [0.25, 0.3) is 0 Å². The van der Waals surface area contributed by atoms with E-state index in [1.165, 1.54) is 0 Å². The largest absolute Gasteiger partial charge is 0.345 e. The molecular formula is C10H19N5O. The highest BCUT2D eigenvalue weighted by atomic mass is 16.2. The number of nitrogens with zero attached hydrogens (tertiary/aromatic N) is 3. The van der Waals surface area contributed by atoms with Gasteiger partial charge in [0, 0.05) is 7.05 Å². The molecule has 6 heteroatoms. The van der Waals surface area contributed by atoms with Crippen LogP contribution in [0.2, 0.25) is 0 Å². The van der Waals surface area contributed by atoms with Crippen LogP contribution in [0.15, 0.2) is 6.33 Å². The standard InChI is InChI=1S/C10H19N5O/c1-6(2)8(11)10(16)13-7(3)9-14-12-5-15(9)4/h5-8H,11H2,1-4H3,(H,13,16). The minimum absolute atomic E-state index is 0.117. The summed E-state index contributed by atoms with van der Waals surface area (Å²) in [5, 5.41) is 10.5. The Hall–Kier alpha value is -1.43. The van der Waals surface area contributed by atoms with Crippen molar-refractivity contribution < 1.29 is 4.79 Å². The third-order valence-corrected chi connectivity index (χ3v) is 2.51. The summed E-state index contributed by atoms with van der Waals surface area (Å²) in [6.45, 7) is 5.68. The van der Waals surface area contributed by atoms with Crippen molar-refractivity contribution in [1.82, 2.24) is 20.1 Å². The number of carbonyl (C=O) groups is 1. The molecule has 90 valence electrons. The maximum Gasteiger partial charge on any atom is 0.237 e. The molecule has 2 atom stereocenters. The number of hydrogen-bond donors (Lipinski definition) is 2. The molecule has 1 rings (SSSR count). The highest BCUT2D eigenvalue weighted by Gasteiger charge is 2.21. The Morgan fingerprint density at radius 3 is 2.56 bits per heavy atom. The molecule has 0 saturated heterocycles. The summed E-state index contributed by atoms with van der Waals surface area (Å²) in [5.74, 6) is 0.668. The fraction of sp³-hybridized carbons (Fsp3) is 0.700. The Bertz CT molecular complexity index is 360. The van der Waals surface area contributed by atoms with Crippen molar-refractivity contribution in [2.24, 2.45) is 18.7 Å². The van der Waals surface area contributed by atoms with Crippen LogP contribution in [0, 0.1) is 5.92 Å². The van der Waals surface area contributed by atoms with Gasteiger partial charge in [-0.05, 0) is 12.8 Å². The van der Waals surface area contributed by atoms with Crippen molar-refractivity contribution in [3.8, 4) is 0 Å². The zero-order valence-electron chi connectivity index (χ0n) is 10.1. The normalized spacial score (nSPS) is 14.9. The second kappa shape index (κ2) is 5.07. The summed E-state index contributed by atoms with van der Waals surface area (Å²) < 4.78 is 1.77. The molecule has 0 aliphatic heterocycles. The smallest absolute Gasteiger partial charge is 0.237 e. The van der Waals surface area contributed by atoms with Crippen molar-refractivity contribution in [2.45, 2.75) is 32.9 Å². The molecule has 2 unspecified atom stereocenters. The van der Waals surface area contributed by atoms with Gasteiger partial charge in [-0.15, -0.1) is 10.2 Å². The summed E-state index contributed by atoms with van der Waals surface area (Å²) in [6, 6.07) is -0.680. The van der Waals surface area contributed by atoms with Crippen LogP contribution in [0.5, 0.6) is 0 Å². The summed E-state index contributed by atoms with van der Waals surface area (Å²) in [5.41, 5.74) is 5.74. The molecule has 0 fully saturated rings. The number of nitrogens with one attached hydrogen (secondary N) is 1. The molecule has 1 amide bonds. The minimum Gasteiger partial charge on any atom is -0.345 e. The van der Waals surface area contributed by atoms with Gasteiger partial charge in [0.15, 0.2) is 5.82 Å². The Balaban J connectivity index is 2.62. The molecule has 0 bridgehead atoms. The van der Waals surface area contributed by atoms with Crippen LogP contribution in [0.4, 0.5) is 0 Å². The SMILES string of the molecule is CC(NC(=O)C(N)C(C)C)c1nncn1C. The average molecular weight is 225 g/mol. The highest BCUT2D eigenvalue weighted by Crippen LogP contribution is 2.08. The Morgan fingerprint density at radius 2 is 2.12 bits per heavy atom. The molecular weight excluding hydrogens is 206 g/mol. The van der Waals surface area contributed by atoms with Gasteiger partial charge in [-0.2, -0.15) is 0 Å². The lowest BCUT2D eigenvalue weighted by atomic mass is 10.0. The highest BCUT2D eigenvalue weighted by molar-refractivity contribution is 5.82. The minimum atomic E-state index is -0.490. The quantitative estimate of drug-likeness (QED) is 0.753. The van der Waals surface area contributed by atoms with Crippen LogP contribution in [0.1, 0.15) is 32.6 Å². The first kappa shape index (κ1) is 12.6. The maximum atomic E-state index is 11.7. The first-order valence-corrected chi connectivity index (χ1v) is 5.33. The monoisotopic (exact) mass is 225 g/mol. The number of amides is 1. The van der Waals surface area contributed by atoms with Crippen molar-refractivity contribution in [3.63, 3.8) is 0 Å². The van der Waals surface area contributed by atoms with Crippen LogP contribution in [-0.4, -0.2) is 26.7 Å². The maximum absolute atomic E-state index is 11.7. The molecule has 0 saturated carbocycles. The molecule has 0 radical (unpaired) electrons. The van der Waals surface area contributed by atoms with Crippen molar-refractivity contribution >= 4 is 5.91 Å². The third kappa shape index (κ3) is 2.79. The van der Waals surface area contributed by atoms with Crippen molar-refractivity contribution in [3.05, 3.63) is 12.2 Å². The van der Waals surface area contributed by atoms with E-state index in [1.807, 2.05) is 27.8 Å². The van der Waals surface area contributed by atoms with E-state index in [0.29, 0.717) is 5.82 Å². The van der Waals surface area contributed by atoms with Crippen LogP contribution in [0.3, 0.4) is 0 Å². The van der Waals surface area contributed by atoms with Gasteiger partial charge >= 0.3 is 0 Å². The van der Waals surface area contributed by atoms with E-state index in [2.05, 4.69) is 15.5 Å². The molecule has 0 spiro atoms. The van der Waals surface area contributed by atoms with Gasteiger partial charge in [0.05, 0.1) is 12.1 Å². The number of aromatic nitrogens is 3. The number of nitrogens with two attached hydrogens (primary N) is 1. The Kier molecular flexibility index (Phi) is 4.00. The van der Waals surface area contributed by atoms with Gasteiger partial charge < -0.3 is 15.6 Å². The lowest BCUT2D eigenvalue weighted by molar-refractivity contribution is -0.123. The van der Waals surface area contributed by atoms with Gasteiger partial charge in [0.25, 0.3) is 0 Å². The lowest BCUT2D eigenvalue weighted by Gasteiger charge is -2.18. The van der Waals surface area contributed by atoms with E-state index in [1.54, 1.807) is 10.9 Å². The lowest BCUT2D eigenvalue weighted by Crippen LogP contribution is -2.45. The second-order valence-electron chi connectivity index (χ2n) is 4.30. The number of aryl methyl sites for hydroxylation is 1. The van der Waals surface area contributed by atoms with E-state index in [0.717, 1.165) is 0 Å². The molecule has 1 aromatic rings. The zero-order valence-corrected chi connectivity index (χ0v) is 10.1. The predicted octanol–water partition coefficient (Wildman–Crippen LogP) is -0.0244. The van der Waals surface area contributed by atoms with Crippen molar-refractivity contribution in [2.75, 3.05) is 0 Å². The molecule has 1 aromatic heterocycles. The van der Waals surface area contributed by atoms with E-state index in [9.17, 15) is 4.79 Å². The van der Waals surface area contributed by atoms with Crippen LogP contribution < -0.4 is 11.1 Å². The van der Waals surface area contributed by atoms with E-state index < -0.39 is 6.04 Å². The van der Waals surface area contributed by atoms with Crippen molar-refractivity contribution in [1.29, 1.82) is 0 Å². The van der Waals surface area contributed by atoms with E-state index in [4.69, 9.17) is 5.73 Å². The zero-order chi connectivity index (χ0) is 12.3. The molecule has 6 nitrogen and oxygen atoms in total. The molecule has 1 heterocycles. The van der Waals surface area contributed by atoms with Crippen LogP contribution in [-0.2, 0) is 11.8 Å². The summed E-state index contributed by atoms with van der Waals surface area (Å²) in [6.07, 6.45) is 1.60. The van der Waals surface area contributed by atoms with E-state index in [-0.39, 0.29) is 17.9 Å². The van der Waals surface area contributed by atoms with Gasteiger partial charge in [-0.25, -0.2) is 0 Å². The van der Waals surface area contributed by atoms with Gasteiger partial charge in [0.1, 0.15) is 6.33 Å². The molecule has 0 aromatic carbocycles. The first-order valence-electron chi connectivity index (χ1n) is 5.33. The predicted molar refractivity (Wildman–Crippen MR) is 60.4 cm³/mol. The molecule has 0 aliphatic rings. The van der Waals surface area contributed by atoms with E-state index >= 15 is 0 Å². The number of rotatable bonds is 4. The summed E-state index contributed by atoms with van der Waals surface area (Å²) in [4.78, 5) is 11.7. The fourth-order valence-corrected chi connectivity index (χ4v) is 1.36. The Labute approximate surface area is 95.2 Å². The van der Waals surface area contributed by atoms with Gasteiger partial charge in [0.2, 0.25) is 5.91 Å². The summed E-state index contributed by atoms with van der Waals surface area (Å²) >= 11 is 0. The average Bonchev–Trinajstić information content (AvgIpc) is 2.62. The Morgan fingerprint density at radius 1 is 1.50 bits per heavy atom. The van der Waals surface area contributed by atoms with Crippen LogP contribution >= 0.6 is 0 Å². The summed E-state index contributed by atoms with van der Waals surface area (Å²) in [7, 11) is 1.83. The van der Waals surface area contributed by atoms with Gasteiger partial charge in [-0.1, -0.05) is 13.8 Å². The third-order valence-electron chi connectivity index (χ3n) is 2.51. The first-order chi connectivity index (χ1) is 7.43. The molecule has 16 heavy (non-hydrogen) atoms. The number of hydrogen-bond acceptors (Lipinski definition) is 4. The number of carbonyl (C=O) groups excluding carboxylic acids is 1.